The number of halogens is 1. The van der Waals surface area contributed by atoms with Gasteiger partial charge >= 0.3 is 0 Å². The number of benzene rings is 2. The molecule has 5 nitrogen and oxygen atoms in total. The molecule has 0 fully saturated rings. The number of hydrogen-bond acceptors (Lipinski definition) is 5. The van der Waals surface area contributed by atoms with Crippen LogP contribution in [0.1, 0.15) is 5.56 Å². The summed E-state index contributed by atoms with van der Waals surface area (Å²) in [6, 6.07) is 12.1. The fourth-order valence-corrected chi connectivity index (χ4v) is 2.72. The van der Waals surface area contributed by atoms with E-state index < -0.39 is 4.92 Å². The van der Waals surface area contributed by atoms with Crippen LogP contribution in [-0.2, 0) is 0 Å². The maximum Gasteiger partial charge on any atom is 0.269 e. The van der Waals surface area contributed by atoms with Gasteiger partial charge in [0.1, 0.15) is 5.69 Å². The van der Waals surface area contributed by atoms with Crippen LogP contribution in [-0.4, -0.2) is 4.92 Å². The lowest BCUT2D eigenvalue weighted by Gasteiger charge is -2.01. The third-order valence-electron chi connectivity index (χ3n) is 2.61. The number of hydrogen-bond donors (Lipinski definition) is 0. The van der Waals surface area contributed by atoms with Gasteiger partial charge in [0.25, 0.3) is 5.69 Å². The molecule has 7 heteroatoms. The van der Waals surface area contributed by atoms with Crippen LogP contribution >= 0.6 is 25.0 Å². The Hall–Kier alpha value is -1.73. The van der Waals surface area contributed by atoms with Crippen LogP contribution < -0.4 is 0 Å². The second-order valence-electron chi connectivity index (χ2n) is 3.97. The number of azo groups is 1. The van der Waals surface area contributed by atoms with Crippen molar-refractivity contribution in [3.05, 3.63) is 58.1 Å². The molecule has 0 radical (unpaired) electrons. The SMILES string of the molecule is Cc1cc([N+](=O)[O-])ccc1N=Nc1ccccc1SBr. The van der Waals surface area contributed by atoms with Crippen molar-refractivity contribution < 1.29 is 4.92 Å². The van der Waals surface area contributed by atoms with Gasteiger partial charge in [-0.05, 0) is 55.7 Å². The minimum Gasteiger partial charge on any atom is -0.258 e. The fraction of sp³-hybridized carbons (Fsp3) is 0.0769. The van der Waals surface area contributed by atoms with Gasteiger partial charge in [-0.15, -0.1) is 5.11 Å². The van der Waals surface area contributed by atoms with Gasteiger partial charge in [0, 0.05) is 17.0 Å². The predicted molar refractivity (Wildman–Crippen MR) is 83.2 cm³/mol. The monoisotopic (exact) mass is 351 g/mol. The molecule has 0 aromatic heterocycles. The fourth-order valence-electron chi connectivity index (χ4n) is 1.58. The van der Waals surface area contributed by atoms with Crippen molar-refractivity contribution in [3.8, 4) is 0 Å². The van der Waals surface area contributed by atoms with Crippen LogP contribution in [0.3, 0.4) is 0 Å². The number of rotatable bonds is 4. The van der Waals surface area contributed by atoms with Gasteiger partial charge in [-0.2, -0.15) is 5.11 Å². The highest BCUT2D eigenvalue weighted by Crippen LogP contribution is 2.34. The van der Waals surface area contributed by atoms with Gasteiger partial charge in [-0.3, -0.25) is 10.1 Å². The maximum atomic E-state index is 10.7. The summed E-state index contributed by atoms with van der Waals surface area (Å²) >= 11 is 3.31. The molecular weight excluding hydrogens is 342 g/mol. The molecular formula is C13H10BrN3O2S. The smallest absolute Gasteiger partial charge is 0.258 e. The average Bonchev–Trinajstić information content (AvgIpc) is 2.46. The Bertz CT molecular complexity index is 676. The minimum absolute atomic E-state index is 0.0536. The lowest BCUT2D eigenvalue weighted by Crippen LogP contribution is -1.87. The van der Waals surface area contributed by atoms with Crippen molar-refractivity contribution in [3.63, 3.8) is 0 Å². The number of aryl methyl sites for hydroxylation is 1. The highest BCUT2D eigenvalue weighted by atomic mass is 79.9. The van der Waals surface area contributed by atoms with E-state index in [1.807, 2.05) is 24.3 Å². The van der Waals surface area contributed by atoms with E-state index in [-0.39, 0.29) is 5.69 Å². The Morgan fingerprint density at radius 3 is 2.50 bits per heavy atom. The molecule has 0 spiro atoms. The molecule has 20 heavy (non-hydrogen) atoms. The molecule has 0 aliphatic rings. The van der Waals surface area contributed by atoms with Gasteiger partial charge in [0.2, 0.25) is 0 Å². The summed E-state index contributed by atoms with van der Waals surface area (Å²) in [5.74, 6) is 0. The largest absolute Gasteiger partial charge is 0.269 e. The molecule has 0 atom stereocenters. The zero-order chi connectivity index (χ0) is 14.5. The van der Waals surface area contributed by atoms with Crippen molar-refractivity contribution in [1.82, 2.24) is 0 Å². The molecule has 0 amide bonds. The van der Waals surface area contributed by atoms with E-state index in [4.69, 9.17) is 0 Å². The van der Waals surface area contributed by atoms with E-state index in [0.717, 1.165) is 10.6 Å². The summed E-state index contributed by atoms with van der Waals surface area (Å²) in [6.45, 7) is 1.77. The van der Waals surface area contributed by atoms with E-state index >= 15 is 0 Å². The summed E-state index contributed by atoms with van der Waals surface area (Å²) in [7, 11) is 1.41. The molecule has 0 heterocycles. The van der Waals surface area contributed by atoms with Crippen LogP contribution in [0.5, 0.6) is 0 Å². The van der Waals surface area contributed by atoms with E-state index in [1.54, 1.807) is 13.0 Å². The van der Waals surface area contributed by atoms with Crippen LogP contribution in [0.2, 0.25) is 0 Å². The second kappa shape index (κ2) is 6.62. The van der Waals surface area contributed by atoms with Crippen LogP contribution in [0, 0.1) is 17.0 Å². The van der Waals surface area contributed by atoms with E-state index in [2.05, 4.69) is 25.0 Å². The van der Waals surface area contributed by atoms with Crippen molar-refractivity contribution in [2.24, 2.45) is 10.2 Å². The quantitative estimate of drug-likeness (QED) is 0.401. The highest BCUT2D eigenvalue weighted by molar-refractivity contribution is 9.50. The standard InChI is InChI=1S/C13H10BrN3O2S/c1-9-8-10(17(18)19)6-7-11(9)15-16-12-4-2-3-5-13(12)20-14/h2-8H,1H3. The Morgan fingerprint density at radius 1 is 1.15 bits per heavy atom. The van der Waals surface area contributed by atoms with Crippen molar-refractivity contribution in [1.29, 1.82) is 0 Å². The lowest BCUT2D eigenvalue weighted by atomic mass is 10.2. The number of non-ortho nitro benzene ring substituents is 1. The molecule has 0 aliphatic carbocycles. The van der Waals surface area contributed by atoms with Crippen LogP contribution in [0.15, 0.2) is 57.6 Å². The molecule has 2 aromatic rings. The summed E-state index contributed by atoms with van der Waals surface area (Å²) in [6.07, 6.45) is 0. The molecule has 0 saturated heterocycles. The topological polar surface area (TPSA) is 67.9 Å². The normalized spacial score (nSPS) is 10.9. The Labute approximate surface area is 127 Å². The van der Waals surface area contributed by atoms with E-state index in [0.29, 0.717) is 11.3 Å². The Kier molecular flexibility index (Phi) is 4.86. The van der Waals surface area contributed by atoms with E-state index in [9.17, 15) is 10.1 Å². The predicted octanol–water partition coefficient (Wildman–Crippen LogP) is 5.72. The minimum atomic E-state index is -0.426. The third-order valence-corrected chi connectivity index (χ3v) is 4.16. The van der Waals surface area contributed by atoms with Gasteiger partial charge in [0.05, 0.1) is 10.6 Å². The van der Waals surface area contributed by atoms with E-state index in [1.165, 1.54) is 22.3 Å². The first kappa shape index (κ1) is 14.7. The lowest BCUT2D eigenvalue weighted by molar-refractivity contribution is -0.384. The summed E-state index contributed by atoms with van der Waals surface area (Å²) in [5.41, 5.74) is 2.13. The molecule has 2 rings (SSSR count). The van der Waals surface area contributed by atoms with Crippen molar-refractivity contribution in [2.75, 3.05) is 0 Å². The molecule has 2 aromatic carbocycles. The molecule has 0 N–H and O–H groups in total. The summed E-state index contributed by atoms with van der Waals surface area (Å²) < 4.78 is 0. The zero-order valence-electron chi connectivity index (χ0n) is 10.5. The molecule has 102 valence electrons. The first-order valence-corrected chi connectivity index (χ1v) is 8.32. The van der Waals surface area contributed by atoms with Gasteiger partial charge in [-0.25, -0.2) is 0 Å². The number of nitro benzene ring substituents is 1. The van der Waals surface area contributed by atoms with Crippen molar-refractivity contribution >= 4 is 42.1 Å². The Balaban J connectivity index is 2.30. The Morgan fingerprint density at radius 2 is 1.85 bits per heavy atom. The number of nitro groups is 1. The second-order valence-corrected chi connectivity index (χ2v) is 5.54. The van der Waals surface area contributed by atoms with Crippen LogP contribution in [0.25, 0.3) is 0 Å². The first-order valence-electron chi connectivity index (χ1n) is 5.66. The maximum absolute atomic E-state index is 10.7. The van der Waals surface area contributed by atoms with Crippen LogP contribution in [0.4, 0.5) is 17.1 Å². The number of nitrogens with zero attached hydrogens (tertiary/aromatic N) is 3. The van der Waals surface area contributed by atoms with Crippen molar-refractivity contribution in [2.45, 2.75) is 11.8 Å². The third kappa shape index (κ3) is 3.43. The molecule has 0 aliphatic heterocycles. The van der Waals surface area contributed by atoms with Gasteiger partial charge in [-0.1, -0.05) is 12.1 Å². The highest BCUT2D eigenvalue weighted by Gasteiger charge is 2.07. The molecule has 0 bridgehead atoms. The molecule has 0 saturated carbocycles. The summed E-state index contributed by atoms with van der Waals surface area (Å²) in [5, 5.41) is 19.0. The van der Waals surface area contributed by atoms with Gasteiger partial charge < -0.3 is 0 Å². The van der Waals surface area contributed by atoms with Gasteiger partial charge in [0.15, 0.2) is 0 Å². The zero-order valence-corrected chi connectivity index (χ0v) is 12.9. The summed E-state index contributed by atoms with van der Waals surface area (Å²) in [4.78, 5) is 11.2. The first-order chi connectivity index (χ1) is 9.61. The molecule has 0 unspecified atom stereocenters. The average molecular weight is 352 g/mol.